The summed E-state index contributed by atoms with van der Waals surface area (Å²) in [4.78, 5) is 8.09. The first-order valence-electron chi connectivity index (χ1n) is 6.39. The minimum atomic E-state index is -2.89. The van der Waals surface area contributed by atoms with Crippen molar-refractivity contribution in [2.45, 2.75) is 20.1 Å². The van der Waals surface area contributed by atoms with E-state index in [9.17, 15) is 8.78 Å². The molecule has 0 aliphatic heterocycles. The minimum absolute atomic E-state index is 0.0110. The van der Waals surface area contributed by atoms with Gasteiger partial charge in [0, 0.05) is 24.1 Å². The zero-order chi connectivity index (χ0) is 15.1. The Labute approximate surface area is 120 Å². The number of nitrogens with one attached hydrogen (secondary N) is 1. The van der Waals surface area contributed by atoms with E-state index in [4.69, 9.17) is 4.74 Å². The Morgan fingerprint density at radius 1 is 1.24 bits per heavy atom. The number of hydrogen-bond acceptors (Lipinski definition) is 5. The molecular weight excluding hydrogens is 280 g/mol. The molecule has 0 bridgehead atoms. The number of anilines is 1. The van der Waals surface area contributed by atoms with Crippen molar-refractivity contribution in [3.8, 4) is 11.5 Å². The van der Waals surface area contributed by atoms with E-state index in [2.05, 4.69) is 20.0 Å². The Hall–Kier alpha value is -2.44. The molecule has 2 rings (SSSR count). The lowest BCUT2D eigenvalue weighted by atomic mass is 10.2. The van der Waals surface area contributed by atoms with Gasteiger partial charge in [0.15, 0.2) is 11.5 Å². The van der Waals surface area contributed by atoms with Gasteiger partial charge in [-0.05, 0) is 19.1 Å². The van der Waals surface area contributed by atoms with Gasteiger partial charge in [0.2, 0.25) is 0 Å². The first-order valence-corrected chi connectivity index (χ1v) is 6.39. The molecule has 1 N–H and O–H groups in total. The third kappa shape index (κ3) is 4.55. The van der Waals surface area contributed by atoms with Crippen molar-refractivity contribution >= 4 is 5.69 Å². The van der Waals surface area contributed by atoms with Crippen LogP contribution in [0.15, 0.2) is 36.8 Å². The smallest absolute Gasteiger partial charge is 0.387 e. The predicted molar refractivity (Wildman–Crippen MR) is 73.6 cm³/mol. The molecule has 1 aromatic carbocycles. The number of halogens is 2. The second-order valence-corrected chi connectivity index (χ2v) is 4.02. The highest BCUT2D eigenvalue weighted by Crippen LogP contribution is 2.31. The van der Waals surface area contributed by atoms with Gasteiger partial charge >= 0.3 is 6.61 Å². The summed E-state index contributed by atoms with van der Waals surface area (Å²) in [6, 6.07) is 4.68. The van der Waals surface area contributed by atoms with E-state index in [1.807, 2.05) is 0 Å². The monoisotopic (exact) mass is 295 g/mol. The first-order chi connectivity index (χ1) is 10.2. The molecule has 0 aliphatic rings. The fourth-order valence-corrected chi connectivity index (χ4v) is 1.69. The lowest BCUT2D eigenvalue weighted by Crippen LogP contribution is -2.06. The zero-order valence-corrected chi connectivity index (χ0v) is 11.4. The summed E-state index contributed by atoms with van der Waals surface area (Å²) in [5.74, 6) is 0.277. The van der Waals surface area contributed by atoms with Gasteiger partial charge in [0.05, 0.1) is 25.0 Å². The highest BCUT2D eigenvalue weighted by Gasteiger charge is 2.11. The molecule has 2 aromatic rings. The van der Waals surface area contributed by atoms with Crippen molar-refractivity contribution in [3.63, 3.8) is 0 Å². The molecule has 0 fully saturated rings. The Bertz CT molecular complexity index is 567. The summed E-state index contributed by atoms with van der Waals surface area (Å²) in [5, 5.41) is 3.11. The summed E-state index contributed by atoms with van der Waals surface area (Å²) in [6.07, 6.45) is 4.83. The largest absolute Gasteiger partial charge is 0.490 e. The van der Waals surface area contributed by atoms with Crippen molar-refractivity contribution in [2.75, 3.05) is 11.9 Å². The fourth-order valence-electron chi connectivity index (χ4n) is 1.69. The van der Waals surface area contributed by atoms with Crippen LogP contribution >= 0.6 is 0 Å². The number of nitrogens with zero attached hydrogens (tertiary/aromatic N) is 2. The molecule has 112 valence electrons. The molecule has 0 aliphatic carbocycles. The summed E-state index contributed by atoms with van der Waals surface area (Å²) < 4.78 is 34.3. The van der Waals surface area contributed by atoms with Crippen molar-refractivity contribution in [1.29, 1.82) is 0 Å². The van der Waals surface area contributed by atoms with Crippen molar-refractivity contribution < 1.29 is 18.3 Å². The third-order valence-corrected chi connectivity index (χ3v) is 2.55. The molecule has 1 aromatic heterocycles. The van der Waals surface area contributed by atoms with Gasteiger partial charge in [-0.15, -0.1) is 0 Å². The number of rotatable bonds is 7. The first kappa shape index (κ1) is 15.0. The van der Waals surface area contributed by atoms with Gasteiger partial charge in [0.25, 0.3) is 0 Å². The van der Waals surface area contributed by atoms with E-state index < -0.39 is 6.61 Å². The van der Waals surface area contributed by atoms with Crippen molar-refractivity contribution in [2.24, 2.45) is 0 Å². The average molecular weight is 295 g/mol. The van der Waals surface area contributed by atoms with E-state index in [0.717, 1.165) is 5.69 Å². The molecule has 0 amide bonds. The number of alkyl halides is 2. The molecule has 0 unspecified atom stereocenters. The second-order valence-electron chi connectivity index (χ2n) is 4.02. The summed E-state index contributed by atoms with van der Waals surface area (Å²) >= 11 is 0. The number of aromatic nitrogens is 2. The van der Waals surface area contributed by atoms with Crippen LogP contribution in [0.2, 0.25) is 0 Å². The number of benzene rings is 1. The predicted octanol–water partition coefficient (Wildman–Crippen LogP) is 3.09. The molecule has 1 heterocycles. The average Bonchev–Trinajstić information content (AvgIpc) is 2.48. The number of ether oxygens (including phenoxy) is 2. The lowest BCUT2D eigenvalue weighted by molar-refractivity contribution is -0.0514. The van der Waals surface area contributed by atoms with Crippen LogP contribution < -0.4 is 14.8 Å². The van der Waals surface area contributed by atoms with Gasteiger partial charge in [-0.1, -0.05) is 0 Å². The van der Waals surface area contributed by atoms with Crippen LogP contribution in [0.1, 0.15) is 12.6 Å². The molecule has 0 saturated carbocycles. The topological polar surface area (TPSA) is 56.3 Å². The Morgan fingerprint density at radius 3 is 2.76 bits per heavy atom. The molecule has 21 heavy (non-hydrogen) atoms. The van der Waals surface area contributed by atoms with Crippen LogP contribution in [-0.4, -0.2) is 23.2 Å². The van der Waals surface area contributed by atoms with Gasteiger partial charge in [-0.3, -0.25) is 9.97 Å². The van der Waals surface area contributed by atoms with Gasteiger partial charge < -0.3 is 14.8 Å². The zero-order valence-electron chi connectivity index (χ0n) is 11.4. The summed E-state index contributed by atoms with van der Waals surface area (Å²) in [5.41, 5.74) is 1.48. The molecule has 7 heteroatoms. The summed E-state index contributed by atoms with van der Waals surface area (Å²) in [7, 11) is 0. The van der Waals surface area contributed by atoms with Gasteiger partial charge in [0.1, 0.15) is 0 Å². The van der Waals surface area contributed by atoms with E-state index >= 15 is 0 Å². The van der Waals surface area contributed by atoms with E-state index in [1.54, 1.807) is 37.6 Å². The molecule has 0 atom stereocenters. The fraction of sp³-hybridized carbons (Fsp3) is 0.286. The minimum Gasteiger partial charge on any atom is -0.490 e. The van der Waals surface area contributed by atoms with Crippen LogP contribution in [0, 0.1) is 0 Å². The van der Waals surface area contributed by atoms with E-state index in [1.165, 1.54) is 6.07 Å². The van der Waals surface area contributed by atoms with Crippen LogP contribution in [0.3, 0.4) is 0 Å². The van der Waals surface area contributed by atoms with Crippen LogP contribution in [0.4, 0.5) is 14.5 Å². The maximum absolute atomic E-state index is 12.3. The Morgan fingerprint density at radius 2 is 2.10 bits per heavy atom. The second kappa shape index (κ2) is 7.37. The lowest BCUT2D eigenvalue weighted by Gasteiger charge is -2.13. The molecule has 5 nitrogen and oxygen atoms in total. The Kier molecular flexibility index (Phi) is 5.25. The number of hydrogen-bond donors (Lipinski definition) is 1. The molecule has 0 saturated heterocycles. The van der Waals surface area contributed by atoms with Crippen molar-refractivity contribution in [3.05, 3.63) is 42.5 Å². The molecular formula is C14H15F2N3O2. The quantitative estimate of drug-likeness (QED) is 0.850. The van der Waals surface area contributed by atoms with Gasteiger partial charge in [-0.2, -0.15) is 8.78 Å². The van der Waals surface area contributed by atoms with Crippen molar-refractivity contribution in [1.82, 2.24) is 9.97 Å². The van der Waals surface area contributed by atoms with Crippen LogP contribution in [-0.2, 0) is 6.54 Å². The third-order valence-electron chi connectivity index (χ3n) is 2.55. The highest BCUT2D eigenvalue weighted by molar-refractivity contribution is 5.54. The molecule has 0 radical (unpaired) electrons. The SMILES string of the molecule is CCOc1cc(NCc2cnccn2)ccc1OC(F)F. The van der Waals surface area contributed by atoms with Crippen LogP contribution in [0.25, 0.3) is 0 Å². The van der Waals surface area contributed by atoms with Gasteiger partial charge in [-0.25, -0.2) is 0 Å². The Balaban J connectivity index is 2.08. The van der Waals surface area contributed by atoms with Crippen LogP contribution in [0.5, 0.6) is 11.5 Å². The van der Waals surface area contributed by atoms with E-state index in [-0.39, 0.29) is 11.5 Å². The maximum Gasteiger partial charge on any atom is 0.387 e. The summed E-state index contributed by atoms with van der Waals surface area (Å²) in [6.45, 7) is -0.296. The standard InChI is InChI=1S/C14H15F2N3O2/c1-2-20-13-7-10(3-4-12(13)21-14(15)16)19-9-11-8-17-5-6-18-11/h3-8,14,19H,2,9H2,1H3. The highest BCUT2D eigenvalue weighted by atomic mass is 19.3. The van der Waals surface area contributed by atoms with E-state index in [0.29, 0.717) is 18.8 Å². The normalized spacial score (nSPS) is 10.5. The maximum atomic E-state index is 12.3. The molecule has 0 spiro atoms.